The third-order valence-electron chi connectivity index (χ3n) is 1.65. The van der Waals surface area contributed by atoms with Crippen molar-refractivity contribution in [2.24, 2.45) is 5.14 Å². The fourth-order valence-electron chi connectivity index (χ4n) is 0.981. The number of nitrogens with two attached hydrogens (primary N) is 1. The van der Waals surface area contributed by atoms with Gasteiger partial charge in [-0.05, 0) is 18.6 Å². The van der Waals surface area contributed by atoms with Crippen LogP contribution in [0.4, 0.5) is 8.78 Å². The first-order valence-corrected chi connectivity index (χ1v) is 5.64. The molecule has 1 aromatic heterocycles. The largest absolute Gasteiger partial charge is 0.266 e. The lowest BCUT2D eigenvalue weighted by molar-refractivity contribution is 0.147. The van der Waals surface area contributed by atoms with Crippen LogP contribution < -0.4 is 5.14 Å². The Balaban J connectivity index is 3.56. The van der Waals surface area contributed by atoms with E-state index in [4.69, 9.17) is 16.7 Å². The van der Waals surface area contributed by atoms with Gasteiger partial charge in [-0.3, -0.25) is 0 Å². The molecule has 0 saturated carbocycles. The van der Waals surface area contributed by atoms with Gasteiger partial charge >= 0.3 is 0 Å². The SMILES string of the molecule is Cc1cc(C(F)F)c(S(N)(=O)=O)nc1Cl. The fourth-order valence-corrected chi connectivity index (χ4v) is 1.86. The van der Waals surface area contributed by atoms with E-state index in [0.29, 0.717) is 0 Å². The zero-order chi connectivity index (χ0) is 11.8. The highest BCUT2D eigenvalue weighted by Gasteiger charge is 2.23. The van der Waals surface area contributed by atoms with E-state index in [1.54, 1.807) is 0 Å². The van der Waals surface area contributed by atoms with Gasteiger partial charge in [-0.1, -0.05) is 11.6 Å². The van der Waals surface area contributed by atoms with Crippen molar-refractivity contribution in [2.75, 3.05) is 0 Å². The van der Waals surface area contributed by atoms with Crippen LogP contribution in [-0.2, 0) is 10.0 Å². The number of nitrogens with zero attached hydrogens (tertiary/aromatic N) is 1. The van der Waals surface area contributed by atoms with Gasteiger partial charge < -0.3 is 0 Å². The van der Waals surface area contributed by atoms with Crippen LogP contribution in [0.2, 0.25) is 5.15 Å². The Hall–Kier alpha value is -0.790. The van der Waals surface area contributed by atoms with E-state index in [-0.39, 0.29) is 10.7 Å². The molecule has 0 spiro atoms. The molecule has 0 atom stereocenters. The van der Waals surface area contributed by atoms with Gasteiger partial charge in [0.1, 0.15) is 5.15 Å². The molecule has 84 valence electrons. The number of halogens is 3. The van der Waals surface area contributed by atoms with E-state index in [2.05, 4.69) is 4.98 Å². The van der Waals surface area contributed by atoms with Crippen molar-refractivity contribution in [3.8, 4) is 0 Å². The van der Waals surface area contributed by atoms with Gasteiger partial charge in [0, 0.05) is 0 Å². The van der Waals surface area contributed by atoms with Crippen LogP contribution in [0.1, 0.15) is 17.6 Å². The van der Waals surface area contributed by atoms with Crippen molar-refractivity contribution in [3.63, 3.8) is 0 Å². The lowest BCUT2D eigenvalue weighted by Gasteiger charge is -2.08. The Kier molecular flexibility index (Phi) is 3.27. The first-order valence-electron chi connectivity index (χ1n) is 3.71. The Labute approximate surface area is 90.1 Å². The molecule has 1 aromatic rings. The van der Waals surface area contributed by atoms with Crippen molar-refractivity contribution in [1.29, 1.82) is 0 Å². The van der Waals surface area contributed by atoms with E-state index in [0.717, 1.165) is 6.07 Å². The van der Waals surface area contributed by atoms with Gasteiger partial charge in [0.25, 0.3) is 16.4 Å². The van der Waals surface area contributed by atoms with E-state index < -0.39 is 27.0 Å². The summed E-state index contributed by atoms with van der Waals surface area (Å²) in [6, 6.07) is 0.958. The lowest BCUT2D eigenvalue weighted by Crippen LogP contribution is -2.17. The number of rotatable bonds is 2. The third-order valence-corrected chi connectivity index (χ3v) is 2.90. The zero-order valence-corrected chi connectivity index (χ0v) is 9.11. The summed E-state index contributed by atoms with van der Waals surface area (Å²) in [6.07, 6.45) is -2.97. The molecule has 0 unspecified atom stereocenters. The molecule has 8 heteroatoms. The minimum atomic E-state index is -4.29. The lowest BCUT2D eigenvalue weighted by atomic mass is 10.2. The Morgan fingerprint density at radius 3 is 2.47 bits per heavy atom. The summed E-state index contributed by atoms with van der Waals surface area (Å²) < 4.78 is 46.8. The molecular formula is C7H7ClF2N2O2S. The number of sulfonamides is 1. The molecule has 0 bridgehead atoms. The minimum Gasteiger partial charge on any atom is -0.223 e. The van der Waals surface area contributed by atoms with Crippen LogP contribution >= 0.6 is 11.6 Å². The van der Waals surface area contributed by atoms with E-state index in [9.17, 15) is 17.2 Å². The van der Waals surface area contributed by atoms with Crippen LogP contribution in [-0.4, -0.2) is 13.4 Å². The maximum Gasteiger partial charge on any atom is 0.266 e. The van der Waals surface area contributed by atoms with Crippen molar-refractivity contribution >= 4 is 21.6 Å². The quantitative estimate of drug-likeness (QED) is 0.818. The van der Waals surface area contributed by atoms with Crippen molar-refractivity contribution in [3.05, 3.63) is 22.3 Å². The second kappa shape index (κ2) is 3.99. The number of alkyl halides is 2. The summed E-state index contributed by atoms with van der Waals surface area (Å²) in [5.74, 6) is 0. The zero-order valence-electron chi connectivity index (χ0n) is 7.54. The number of pyridine rings is 1. The van der Waals surface area contributed by atoms with Crippen LogP contribution in [0.15, 0.2) is 11.1 Å². The predicted octanol–water partition coefficient (Wildman–Crippen LogP) is 1.63. The summed E-state index contributed by atoms with van der Waals surface area (Å²) in [6.45, 7) is 1.44. The molecule has 4 nitrogen and oxygen atoms in total. The monoisotopic (exact) mass is 256 g/mol. The van der Waals surface area contributed by atoms with E-state index in [1.807, 2.05) is 0 Å². The molecule has 0 aliphatic heterocycles. The Bertz CT molecular complexity index is 490. The number of hydrogen-bond acceptors (Lipinski definition) is 3. The maximum atomic E-state index is 12.5. The van der Waals surface area contributed by atoms with Gasteiger partial charge in [0.15, 0.2) is 5.03 Å². The summed E-state index contributed by atoms with van der Waals surface area (Å²) in [5, 5.41) is 3.69. The molecule has 2 N–H and O–H groups in total. The summed E-state index contributed by atoms with van der Waals surface area (Å²) in [5.41, 5.74) is -0.473. The summed E-state index contributed by atoms with van der Waals surface area (Å²) in [7, 11) is -4.29. The predicted molar refractivity (Wildman–Crippen MR) is 50.3 cm³/mol. The Morgan fingerprint density at radius 1 is 1.53 bits per heavy atom. The van der Waals surface area contributed by atoms with Crippen LogP contribution in [0.25, 0.3) is 0 Å². The summed E-state index contributed by atoms with van der Waals surface area (Å²) in [4.78, 5) is 3.34. The maximum absolute atomic E-state index is 12.5. The van der Waals surface area contributed by atoms with Crippen molar-refractivity contribution in [2.45, 2.75) is 18.4 Å². The molecule has 0 aliphatic carbocycles. The molecule has 0 aliphatic rings. The van der Waals surface area contributed by atoms with E-state index in [1.165, 1.54) is 6.92 Å². The van der Waals surface area contributed by atoms with Crippen LogP contribution in [0.5, 0.6) is 0 Å². The standard InChI is InChI=1S/C7H7ClF2N2O2S/c1-3-2-4(6(9)10)7(12-5(3)8)15(11,13)14/h2,6H,1H3,(H2,11,13,14). The first kappa shape index (κ1) is 12.3. The topological polar surface area (TPSA) is 73.1 Å². The highest BCUT2D eigenvalue weighted by molar-refractivity contribution is 7.89. The number of primary sulfonamides is 1. The molecule has 1 heterocycles. The molecule has 1 rings (SSSR count). The number of aryl methyl sites for hydroxylation is 1. The van der Waals surface area contributed by atoms with Crippen LogP contribution in [0, 0.1) is 6.92 Å². The minimum absolute atomic E-state index is 0.163. The highest BCUT2D eigenvalue weighted by atomic mass is 35.5. The number of hydrogen-bond donors (Lipinski definition) is 1. The molecule has 0 aromatic carbocycles. The van der Waals surface area contributed by atoms with E-state index >= 15 is 0 Å². The van der Waals surface area contributed by atoms with Gasteiger partial charge in [-0.25, -0.2) is 27.3 Å². The van der Waals surface area contributed by atoms with Gasteiger partial charge in [0.05, 0.1) is 5.56 Å². The highest BCUT2D eigenvalue weighted by Crippen LogP contribution is 2.27. The van der Waals surface area contributed by atoms with Gasteiger partial charge in [-0.15, -0.1) is 0 Å². The smallest absolute Gasteiger partial charge is 0.223 e. The summed E-state index contributed by atoms with van der Waals surface area (Å²) >= 11 is 5.52. The average Bonchev–Trinajstić information content (AvgIpc) is 2.06. The number of aromatic nitrogens is 1. The van der Waals surface area contributed by atoms with Crippen LogP contribution in [0.3, 0.4) is 0 Å². The Morgan fingerprint density at radius 2 is 2.07 bits per heavy atom. The third kappa shape index (κ3) is 2.61. The fraction of sp³-hybridized carbons (Fsp3) is 0.286. The van der Waals surface area contributed by atoms with Crippen molar-refractivity contribution in [1.82, 2.24) is 4.98 Å². The molecule has 0 saturated heterocycles. The normalized spacial score (nSPS) is 12.1. The average molecular weight is 257 g/mol. The molecule has 0 fully saturated rings. The van der Waals surface area contributed by atoms with Gasteiger partial charge in [-0.2, -0.15) is 0 Å². The first-order chi connectivity index (χ1) is 6.73. The molecule has 0 radical (unpaired) electrons. The second-order valence-corrected chi connectivity index (χ2v) is 4.67. The van der Waals surface area contributed by atoms with Gasteiger partial charge in [0.2, 0.25) is 0 Å². The molecule has 15 heavy (non-hydrogen) atoms. The molecular weight excluding hydrogens is 250 g/mol. The second-order valence-electron chi connectivity index (χ2n) is 2.84. The molecule has 0 amide bonds. The van der Waals surface area contributed by atoms with Crippen molar-refractivity contribution < 1.29 is 17.2 Å².